The van der Waals surface area contributed by atoms with Gasteiger partial charge < -0.3 is 9.84 Å². The maximum absolute atomic E-state index is 12.9. The van der Waals surface area contributed by atoms with Gasteiger partial charge in [-0.3, -0.25) is 4.90 Å². The number of thioether (sulfide) groups is 1. The van der Waals surface area contributed by atoms with Crippen LogP contribution in [-0.2, 0) is 9.53 Å². The lowest BCUT2D eigenvalue weighted by atomic mass is 9.99. The standard InChI is InChI=1S/C22H19N3O3S/c1-28-20(26)22(27)19(16-10-4-2-5-11-16)29-21(24-18-14-8-9-15-23-18)25(22)17-12-6-3-7-13-17/h2-15,19,27H,1H3/b24-21-. The molecule has 1 aliphatic heterocycles. The number of nitrogens with zero attached hydrogens (tertiary/aromatic N) is 3. The van der Waals surface area contributed by atoms with Gasteiger partial charge in [-0.2, -0.15) is 0 Å². The summed E-state index contributed by atoms with van der Waals surface area (Å²) in [4.78, 5) is 23.3. The Morgan fingerprint density at radius 1 is 1.07 bits per heavy atom. The molecular weight excluding hydrogens is 386 g/mol. The first-order valence-corrected chi connectivity index (χ1v) is 9.90. The second-order valence-electron chi connectivity index (χ2n) is 6.38. The van der Waals surface area contributed by atoms with Gasteiger partial charge in [-0.05, 0) is 29.8 Å². The molecule has 2 heterocycles. The van der Waals surface area contributed by atoms with Crippen molar-refractivity contribution in [2.24, 2.45) is 4.99 Å². The number of esters is 1. The highest BCUT2D eigenvalue weighted by atomic mass is 32.2. The fraction of sp³-hybridized carbons (Fsp3) is 0.136. The largest absolute Gasteiger partial charge is 0.465 e. The number of aliphatic hydroxyl groups is 1. The van der Waals surface area contributed by atoms with Crippen LogP contribution in [0.4, 0.5) is 11.5 Å². The van der Waals surface area contributed by atoms with Crippen molar-refractivity contribution in [1.29, 1.82) is 0 Å². The molecule has 29 heavy (non-hydrogen) atoms. The monoisotopic (exact) mass is 405 g/mol. The molecule has 0 saturated carbocycles. The van der Waals surface area contributed by atoms with Crippen molar-refractivity contribution in [1.82, 2.24) is 4.98 Å². The fourth-order valence-corrected chi connectivity index (χ4v) is 4.62. The highest BCUT2D eigenvalue weighted by molar-refractivity contribution is 8.15. The molecular formula is C22H19N3O3S. The molecule has 0 radical (unpaired) electrons. The van der Waals surface area contributed by atoms with E-state index in [-0.39, 0.29) is 0 Å². The maximum Gasteiger partial charge on any atom is 0.361 e. The topological polar surface area (TPSA) is 75.0 Å². The van der Waals surface area contributed by atoms with E-state index < -0.39 is 16.9 Å². The van der Waals surface area contributed by atoms with Crippen LogP contribution < -0.4 is 4.90 Å². The summed E-state index contributed by atoms with van der Waals surface area (Å²) in [6.45, 7) is 0. The Morgan fingerprint density at radius 2 is 1.72 bits per heavy atom. The molecule has 2 unspecified atom stereocenters. The van der Waals surface area contributed by atoms with Crippen LogP contribution in [0.2, 0.25) is 0 Å². The Hall–Kier alpha value is -3.16. The first-order valence-electron chi connectivity index (χ1n) is 9.02. The van der Waals surface area contributed by atoms with Crippen LogP contribution in [-0.4, -0.2) is 34.1 Å². The van der Waals surface area contributed by atoms with Gasteiger partial charge in [-0.25, -0.2) is 14.8 Å². The van der Waals surface area contributed by atoms with E-state index in [9.17, 15) is 9.90 Å². The third kappa shape index (κ3) is 3.50. The van der Waals surface area contributed by atoms with Gasteiger partial charge >= 0.3 is 5.97 Å². The van der Waals surface area contributed by atoms with Gasteiger partial charge in [0.1, 0.15) is 0 Å². The van der Waals surface area contributed by atoms with Crippen molar-refractivity contribution in [3.8, 4) is 0 Å². The van der Waals surface area contributed by atoms with Crippen LogP contribution in [0.25, 0.3) is 0 Å². The predicted octanol–water partition coefficient (Wildman–Crippen LogP) is 3.93. The summed E-state index contributed by atoms with van der Waals surface area (Å²) in [6.07, 6.45) is 1.65. The van der Waals surface area contributed by atoms with Crippen LogP contribution in [0.3, 0.4) is 0 Å². The minimum Gasteiger partial charge on any atom is -0.465 e. The summed E-state index contributed by atoms with van der Waals surface area (Å²) in [7, 11) is 1.27. The van der Waals surface area contributed by atoms with Crippen LogP contribution in [0.1, 0.15) is 10.8 Å². The average molecular weight is 405 g/mol. The van der Waals surface area contributed by atoms with Crippen molar-refractivity contribution in [2.45, 2.75) is 11.0 Å². The zero-order valence-corrected chi connectivity index (χ0v) is 16.5. The Morgan fingerprint density at radius 3 is 2.34 bits per heavy atom. The number of aromatic nitrogens is 1. The molecule has 1 fully saturated rings. The van der Waals surface area contributed by atoms with Gasteiger partial charge in [0.15, 0.2) is 11.0 Å². The quantitative estimate of drug-likeness (QED) is 0.663. The van der Waals surface area contributed by atoms with E-state index in [1.54, 1.807) is 18.3 Å². The number of carbonyl (C=O) groups excluding carboxylic acids is 1. The summed E-state index contributed by atoms with van der Waals surface area (Å²) < 4.78 is 5.02. The lowest BCUT2D eigenvalue weighted by Crippen LogP contribution is -2.55. The van der Waals surface area contributed by atoms with Crippen LogP contribution in [0.15, 0.2) is 90.1 Å². The molecule has 3 aromatic rings. The number of hydrogen-bond acceptors (Lipinski definition) is 6. The predicted molar refractivity (Wildman–Crippen MR) is 114 cm³/mol. The minimum absolute atomic E-state index is 0.455. The van der Waals surface area contributed by atoms with E-state index in [2.05, 4.69) is 9.98 Å². The molecule has 1 N–H and O–H groups in total. The molecule has 0 spiro atoms. The first-order chi connectivity index (χ1) is 14.1. The Labute approximate surface area is 172 Å². The normalized spacial score (nSPS) is 22.6. The fourth-order valence-electron chi connectivity index (χ4n) is 3.26. The summed E-state index contributed by atoms with van der Waals surface area (Å²) in [5, 5.41) is 11.6. The number of rotatable bonds is 4. The zero-order valence-electron chi connectivity index (χ0n) is 15.7. The third-order valence-electron chi connectivity index (χ3n) is 4.58. The number of anilines is 1. The first kappa shape index (κ1) is 19.2. The lowest BCUT2D eigenvalue weighted by molar-refractivity contribution is -0.161. The summed E-state index contributed by atoms with van der Waals surface area (Å²) in [5.74, 6) is -0.272. The summed E-state index contributed by atoms with van der Waals surface area (Å²) >= 11 is 1.30. The smallest absolute Gasteiger partial charge is 0.361 e. The number of hydrogen-bond donors (Lipinski definition) is 1. The van der Waals surface area contributed by atoms with Gasteiger partial charge in [0.25, 0.3) is 5.72 Å². The number of aliphatic imine (C=N–C) groups is 1. The number of amidine groups is 1. The number of ether oxygens (including phenoxy) is 1. The van der Waals surface area contributed by atoms with E-state index in [4.69, 9.17) is 4.74 Å². The van der Waals surface area contributed by atoms with E-state index in [0.29, 0.717) is 16.7 Å². The van der Waals surface area contributed by atoms with Crippen molar-refractivity contribution in [3.63, 3.8) is 0 Å². The number of benzene rings is 2. The van der Waals surface area contributed by atoms with Crippen molar-refractivity contribution < 1.29 is 14.6 Å². The van der Waals surface area contributed by atoms with Crippen LogP contribution in [0.5, 0.6) is 0 Å². The van der Waals surface area contributed by atoms with Gasteiger partial charge in [-0.15, -0.1) is 0 Å². The lowest BCUT2D eigenvalue weighted by Gasteiger charge is -2.34. The van der Waals surface area contributed by atoms with Gasteiger partial charge in [-0.1, -0.05) is 66.4 Å². The molecule has 4 rings (SSSR count). The average Bonchev–Trinajstić information content (AvgIpc) is 3.08. The maximum atomic E-state index is 12.9. The molecule has 2 aromatic carbocycles. The number of methoxy groups -OCH3 is 1. The van der Waals surface area contributed by atoms with E-state index in [0.717, 1.165) is 5.56 Å². The van der Waals surface area contributed by atoms with E-state index >= 15 is 0 Å². The molecule has 0 aliphatic carbocycles. The number of para-hydroxylation sites is 1. The van der Waals surface area contributed by atoms with E-state index in [1.807, 2.05) is 66.7 Å². The Kier molecular flexibility index (Phi) is 5.33. The second-order valence-corrected chi connectivity index (χ2v) is 7.45. The molecule has 1 aliphatic rings. The zero-order chi connectivity index (χ0) is 20.3. The second kappa shape index (κ2) is 8.06. The van der Waals surface area contributed by atoms with Gasteiger partial charge in [0.05, 0.1) is 12.4 Å². The van der Waals surface area contributed by atoms with Crippen LogP contribution in [0, 0.1) is 0 Å². The van der Waals surface area contributed by atoms with Gasteiger partial charge in [0.2, 0.25) is 0 Å². The highest BCUT2D eigenvalue weighted by Crippen LogP contribution is 2.51. The highest BCUT2D eigenvalue weighted by Gasteiger charge is 2.59. The SMILES string of the molecule is COC(=O)C1(O)C(c2ccccc2)S/C(=N\c2ccccn2)N1c1ccccc1. The van der Waals surface area contributed by atoms with Crippen molar-refractivity contribution in [2.75, 3.05) is 12.0 Å². The molecule has 0 bridgehead atoms. The molecule has 1 aromatic heterocycles. The van der Waals surface area contributed by atoms with Crippen molar-refractivity contribution >= 4 is 34.4 Å². The Balaban J connectivity index is 1.91. The molecule has 7 heteroatoms. The molecule has 6 nitrogen and oxygen atoms in total. The third-order valence-corrected chi connectivity index (χ3v) is 5.90. The van der Waals surface area contributed by atoms with Crippen LogP contribution >= 0.6 is 11.8 Å². The van der Waals surface area contributed by atoms with Crippen molar-refractivity contribution in [3.05, 3.63) is 90.6 Å². The molecule has 1 saturated heterocycles. The number of carbonyl (C=O) groups is 1. The summed E-state index contributed by atoms with van der Waals surface area (Å²) in [5.41, 5.74) is -0.561. The molecule has 0 amide bonds. The molecule has 2 atom stereocenters. The van der Waals surface area contributed by atoms with E-state index in [1.165, 1.54) is 23.8 Å². The number of pyridine rings is 1. The minimum atomic E-state index is -1.98. The Bertz CT molecular complexity index is 1020. The summed E-state index contributed by atoms with van der Waals surface area (Å²) in [6, 6.07) is 24.0. The van der Waals surface area contributed by atoms with Gasteiger partial charge in [0, 0.05) is 11.9 Å². The molecule has 146 valence electrons.